The van der Waals surface area contributed by atoms with Crippen LogP contribution in [0.3, 0.4) is 0 Å². The van der Waals surface area contributed by atoms with Gasteiger partial charge in [0.25, 0.3) is 0 Å². The number of rotatable bonds is 5. The van der Waals surface area contributed by atoms with Gasteiger partial charge in [-0.3, -0.25) is 0 Å². The summed E-state index contributed by atoms with van der Waals surface area (Å²) in [5.41, 5.74) is 10.0. The molecule has 0 saturated carbocycles. The lowest BCUT2D eigenvalue weighted by atomic mass is 10.00. The maximum Gasteiger partial charge on any atom is 0.228 e. The number of hydrogen-bond acceptors (Lipinski definition) is 7. The van der Waals surface area contributed by atoms with Gasteiger partial charge in [0, 0.05) is 49.4 Å². The SMILES string of the molecule is c1ccc(-c2nc(-c3cccc(-c4cccc5c4oc4ccccc45)c3)nc(-c3cccc4oc5cccc(-c6nc7ccccc7o6)c5c34)n2)cc1. The van der Waals surface area contributed by atoms with Gasteiger partial charge in [-0.2, -0.15) is 0 Å². The molecule has 0 radical (unpaired) electrons. The first-order chi connectivity index (χ1) is 26.2. The van der Waals surface area contributed by atoms with Crippen molar-refractivity contribution >= 4 is 55.0 Å². The van der Waals surface area contributed by atoms with Crippen molar-refractivity contribution in [2.24, 2.45) is 0 Å². The van der Waals surface area contributed by atoms with Crippen LogP contribution in [0.4, 0.5) is 0 Å². The average molecular weight is 683 g/mol. The van der Waals surface area contributed by atoms with Crippen LogP contribution >= 0.6 is 0 Å². The molecule has 0 amide bonds. The highest BCUT2D eigenvalue weighted by atomic mass is 16.4. The highest BCUT2D eigenvalue weighted by Gasteiger charge is 2.22. The van der Waals surface area contributed by atoms with Crippen LogP contribution in [0.15, 0.2) is 171 Å². The van der Waals surface area contributed by atoms with Crippen molar-refractivity contribution in [3.63, 3.8) is 0 Å². The molecule has 0 aliphatic heterocycles. The fourth-order valence-corrected chi connectivity index (χ4v) is 7.36. The third kappa shape index (κ3) is 4.75. The molecule has 11 rings (SSSR count). The van der Waals surface area contributed by atoms with Gasteiger partial charge >= 0.3 is 0 Å². The van der Waals surface area contributed by atoms with Crippen LogP contribution in [0.5, 0.6) is 0 Å². The predicted octanol–water partition coefficient (Wildman–Crippen LogP) is 12.1. The highest BCUT2D eigenvalue weighted by molar-refractivity contribution is 6.17. The predicted molar refractivity (Wildman–Crippen MR) is 209 cm³/mol. The molecular formula is C46H26N4O3. The van der Waals surface area contributed by atoms with E-state index in [1.165, 1.54) is 0 Å². The van der Waals surface area contributed by atoms with E-state index in [9.17, 15) is 0 Å². The molecule has 0 unspecified atom stereocenters. The normalized spacial score (nSPS) is 11.8. The molecule has 7 heteroatoms. The van der Waals surface area contributed by atoms with E-state index < -0.39 is 0 Å². The average Bonchev–Trinajstić information content (AvgIpc) is 3.94. The van der Waals surface area contributed by atoms with Gasteiger partial charge in [-0.1, -0.05) is 115 Å². The van der Waals surface area contributed by atoms with Gasteiger partial charge in [-0.15, -0.1) is 0 Å². The first kappa shape index (κ1) is 29.4. The summed E-state index contributed by atoms with van der Waals surface area (Å²) in [6.07, 6.45) is 0. The van der Waals surface area contributed by atoms with E-state index in [0.29, 0.717) is 28.9 Å². The molecule has 7 aromatic carbocycles. The van der Waals surface area contributed by atoms with E-state index in [0.717, 1.165) is 82.8 Å². The molecule has 0 N–H and O–H groups in total. The minimum Gasteiger partial charge on any atom is -0.456 e. The first-order valence-corrected chi connectivity index (χ1v) is 17.4. The number of furan rings is 2. The molecule has 0 fully saturated rings. The Bertz CT molecular complexity index is 3160. The van der Waals surface area contributed by atoms with Crippen molar-refractivity contribution in [1.82, 2.24) is 19.9 Å². The molecule has 53 heavy (non-hydrogen) atoms. The standard InChI is InChI=1S/C46H26N4O3/c1-2-12-27(13-3-1)43-48-44(29-15-8-14-28(26-29)30-17-9-18-32-31-16-4-6-22-36(31)52-42(30)32)50-45(49-43)33-19-10-24-38-40(33)41-34(20-11-25-39(41)51-38)46-47-35-21-5-7-23-37(35)53-46/h1-26H. The monoisotopic (exact) mass is 682 g/mol. The summed E-state index contributed by atoms with van der Waals surface area (Å²) >= 11 is 0. The third-order valence-electron chi connectivity index (χ3n) is 9.79. The molecule has 4 aromatic heterocycles. The molecule has 11 aromatic rings. The van der Waals surface area contributed by atoms with Gasteiger partial charge in [0.15, 0.2) is 23.1 Å². The molecule has 248 valence electrons. The number of benzene rings is 7. The van der Waals surface area contributed by atoms with Crippen molar-refractivity contribution < 1.29 is 13.3 Å². The lowest BCUT2D eigenvalue weighted by Crippen LogP contribution is -2.00. The van der Waals surface area contributed by atoms with Crippen LogP contribution < -0.4 is 0 Å². The van der Waals surface area contributed by atoms with Crippen LogP contribution in [0.2, 0.25) is 0 Å². The summed E-state index contributed by atoms with van der Waals surface area (Å²) in [5.74, 6) is 2.17. The Morgan fingerprint density at radius 3 is 1.77 bits per heavy atom. The minimum absolute atomic E-state index is 0.520. The summed E-state index contributed by atoms with van der Waals surface area (Å²) in [7, 11) is 0. The molecule has 0 atom stereocenters. The number of hydrogen-bond donors (Lipinski definition) is 0. The summed E-state index contributed by atoms with van der Waals surface area (Å²) in [4.78, 5) is 20.2. The van der Waals surface area contributed by atoms with E-state index in [2.05, 4.69) is 36.4 Å². The van der Waals surface area contributed by atoms with Crippen LogP contribution in [0, 0.1) is 0 Å². The molecule has 0 saturated heterocycles. The van der Waals surface area contributed by atoms with Gasteiger partial charge in [-0.05, 0) is 48.0 Å². The Hall–Kier alpha value is -7.38. The van der Waals surface area contributed by atoms with E-state index in [1.807, 2.05) is 121 Å². The fourth-order valence-electron chi connectivity index (χ4n) is 7.36. The van der Waals surface area contributed by atoms with Gasteiger partial charge in [-0.25, -0.2) is 19.9 Å². The van der Waals surface area contributed by atoms with E-state index in [4.69, 9.17) is 33.2 Å². The fraction of sp³-hybridized carbons (Fsp3) is 0. The van der Waals surface area contributed by atoms with Crippen LogP contribution in [-0.2, 0) is 0 Å². The Morgan fingerprint density at radius 1 is 0.340 bits per heavy atom. The van der Waals surface area contributed by atoms with Crippen molar-refractivity contribution in [3.8, 4) is 56.7 Å². The molecule has 0 aliphatic carbocycles. The minimum atomic E-state index is 0.520. The van der Waals surface area contributed by atoms with E-state index in [1.54, 1.807) is 0 Å². The Morgan fingerprint density at radius 2 is 0.925 bits per heavy atom. The lowest BCUT2D eigenvalue weighted by Gasteiger charge is -2.11. The summed E-state index contributed by atoms with van der Waals surface area (Å²) in [6, 6.07) is 52.4. The smallest absolute Gasteiger partial charge is 0.228 e. The number of aromatic nitrogens is 4. The Kier molecular flexibility index (Phi) is 6.42. The van der Waals surface area contributed by atoms with Crippen molar-refractivity contribution in [2.45, 2.75) is 0 Å². The number of nitrogens with zero attached hydrogens (tertiary/aromatic N) is 4. The van der Waals surface area contributed by atoms with Gasteiger partial charge in [0.05, 0.1) is 0 Å². The lowest BCUT2D eigenvalue weighted by molar-refractivity contribution is 0.620. The number of para-hydroxylation sites is 4. The zero-order valence-electron chi connectivity index (χ0n) is 28.0. The molecule has 7 nitrogen and oxygen atoms in total. The van der Waals surface area contributed by atoms with Crippen molar-refractivity contribution in [2.75, 3.05) is 0 Å². The zero-order valence-corrected chi connectivity index (χ0v) is 28.0. The van der Waals surface area contributed by atoms with Gasteiger partial charge < -0.3 is 13.3 Å². The maximum absolute atomic E-state index is 6.45. The van der Waals surface area contributed by atoms with Crippen molar-refractivity contribution in [1.29, 1.82) is 0 Å². The third-order valence-corrected chi connectivity index (χ3v) is 9.79. The van der Waals surface area contributed by atoms with Gasteiger partial charge in [0.2, 0.25) is 5.89 Å². The topological polar surface area (TPSA) is 91.0 Å². The summed E-state index contributed by atoms with van der Waals surface area (Å²) in [6.45, 7) is 0. The first-order valence-electron chi connectivity index (χ1n) is 17.4. The second-order valence-electron chi connectivity index (χ2n) is 13.0. The largest absolute Gasteiger partial charge is 0.456 e. The van der Waals surface area contributed by atoms with Crippen LogP contribution in [0.1, 0.15) is 0 Å². The second-order valence-corrected chi connectivity index (χ2v) is 13.0. The Labute approximate surface area is 301 Å². The quantitative estimate of drug-likeness (QED) is 0.178. The summed E-state index contributed by atoms with van der Waals surface area (Å²) in [5, 5.41) is 3.93. The molecule has 0 bridgehead atoms. The molecular weight excluding hydrogens is 657 g/mol. The van der Waals surface area contributed by atoms with Crippen LogP contribution in [-0.4, -0.2) is 19.9 Å². The number of oxazole rings is 1. The highest BCUT2D eigenvalue weighted by Crippen LogP contribution is 2.42. The molecule has 4 heterocycles. The maximum atomic E-state index is 6.45. The van der Waals surface area contributed by atoms with Gasteiger partial charge in [0.1, 0.15) is 27.8 Å². The zero-order chi connectivity index (χ0) is 34.9. The number of fused-ring (bicyclic) bond motifs is 7. The van der Waals surface area contributed by atoms with E-state index in [-0.39, 0.29) is 0 Å². The molecule has 0 spiro atoms. The molecule has 0 aliphatic rings. The van der Waals surface area contributed by atoms with E-state index >= 15 is 0 Å². The second kappa shape index (κ2) is 11.6. The summed E-state index contributed by atoms with van der Waals surface area (Å²) < 4.78 is 19.1. The van der Waals surface area contributed by atoms with Crippen molar-refractivity contribution in [3.05, 3.63) is 158 Å². The Balaban J connectivity index is 1.12. The van der Waals surface area contributed by atoms with Crippen LogP contribution in [0.25, 0.3) is 112 Å².